The minimum absolute atomic E-state index is 0.127. The highest BCUT2D eigenvalue weighted by atomic mass is 16.5. The number of nitrogens with one attached hydrogen (secondary N) is 2. The summed E-state index contributed by atoms with van der Waals surface area (Å²) in [6, 6.07) is 14.3. The number of hydrogen-bond acceptors (Lipinski definition) is 5. The maximum Gasteiger partial charge on any atom is 0.339 e. The number of hydrogen-bond donors (Lipinski definition) is 2. The van der Waals surface area contributed by atoms with Gasteiger partial charge in [0.2, 0.25) is 5.91 Å². The van der Waals surface area contributed by atoms with Crippen LogP contribution in [0.3, 0.4) is 0 Å². The van der Waals surface area contributed by atoms with Crippen molar-refractivity contribution in [2.24, 2.45) is 0 Å². The van der Waals surface area contributed by atoms with Gasteiger partial charge >= 0.3 is 5.97 Å². The average Bonchev–Trinajstić information content (AvgIpc) is 2.62. The minimum Gasteiger partial charge on any atom is -0.497 e. The zero-order valence-electron chi connectivity index (χ0n) is 13.7. The zero-order valence-corrected chi connectivity index (χ0v) is 13.7. The third-order valence-corrected chi connectivity index (χ3v) is 3.38. The van der Waals surface area contributed by atoms with Crippen LogP contribution >= 0.6 is 0 Å². The van der Waals surface area contributed by atoms with E-state index in [9.17, 15) is 9.59 Å². The lowest BCUT2D eigenvalue weighted by molar-refractivity contribution is -0.115. The topological polar surface area (TPSA) is 76.7 Å². The first-order valence-electron chi connectivity index (χ1n) is 7.45. The van der Waals surface area contributed by atoms with Crippen LogP contribution < -0.4 is 15.4 Å². The largest absolute Gasteiger partial charge is 0.497 e. The fraction of sp³-hybridized carbons (Fsp3) is 0.222. The lowest BCUT2D eigenvalue weighted by atomic mass is 10.2. The summed E-state index contributed by atoms with van der Waals surface area (Å²) in [6.45, 7) is 0.678. The Morgan fingerprint density at radius 2 is 1.71 bits per heavy atom. The Bertz CT molecular complexity index is 698. The molecule has 2 rings (SSSR count). The van der Waals surface area contributed by atoms with Crippen molar-refractivity contribution in [1.82, 2.24) is 5.32 Å². The molecule has 24 heavy (non-hydrogen) atoms. The number of esters is 1. The molecule has 126 valence electrons. The highest BCUT2D eigenvalue weighted by Crippen LogP contribution is 2.15. The number of carbonyl (C=O) groups excluding carboxylic acids is 2. The Balaban J connectivity index is 1.86. The Hall–Kier alpha value is -2.86. The summed E-state index contributed by atoms with van der Waals surface area (Å²) >= 11 is 0. The number of anilines is 1. The fourth-order valence-corrected chi connectivity index (χ4v) is 2.14. The average molecular weight is 328 g/mol. The summed E-state index contributed by atoms with van der Waals surface area (Å²) in [5.41, 5.74) is 1.79. The molecular formula is C18H20N2O4. The Kier molecular flexibility index (Phi) is 6.33. The monoisotopic (exact) mass is 328 g/mol. The van der Waals surface area contributed by atoms with Gasteiger partial charge in [-0.3, -0.25) is 4.79 Å². The summed E-state index contributed by atoms with van der Waals surface area (Å²) in [4.78, 5) is 23.7. The lowest BCUT2D eigenvalue weighted by Crippen LogP contribution is -2.28. The maximum atomic E-state index is 12.0. The van der Waals surface area contributed by atoms with E-state index in [0.29, 0.717) is 17.8 Å². The van der Waals surface area contributed by atoms with E-state index in [4.69, 9.17) is 9.47 Å². The summed E-state index contributed by atoms with van der Waals surface area (Å²) in [6.07, 6.45) is 0. The highest BCUT2D eigenvalue weighted by Gasteiger charge is 2.12. The van der Waals surface area contributed by atoms with E-state index >= 15 is 0 Å². The van der Waals surface area contributed by atoms with Crippen molar-refractivity contribution in [3.05, 3.63) is 59.7 Å². The first-order valence-corrected chi connectivity index (χ1v) is 7.45. The van der Waals surface area contributed by atoms with Crippen LogP contribution in [0.2, 0.25) is 0 Å². The number of carbonyl (C=O) groups is 2. The van der Waals surface area contributed by atoms with Crippen LogP contribution in [-0.2, 0) is 16.1 Å². The van der Waals surface area contributed by atoms with Gasteiger partial charge in [-0.25, -0.2) is 4.79 Å². The van der Waals surface area contributed by atoms with Crippen molar-refractivity contribution in [3.8, 4) is 5.75 Å². The Morgan fingerprint density at radius 3 is 2.38 bits per heavy atom. The van der Waals surface area contributed by atoms with Crippen LogP contribution in [-0.4, -0.2) is 32.6 Å². The maximum absolute atomic E-state index is 12.0. The molecule has 0 aromatic heterocycles. The minimum atomic E-state index is -0.489. The summed E-state index contributed by atoms with van der Waals surface area (Å²) < 4.78 is 9.80. The van der Waals surface area contributed by atoms with Crippen molar-refractivity contribution in [2.75, 3.05) is 26.1 Å². The van der Waals surface area contributed by atoms with Crippen LogP contribution in [0.25, 0.3) is 0 Å². The van der Waals surface area contributed by atoms with E-state index in [1.165, 1.54) is 7.11 Å². The summed E-state index contributed by atoms with van der Waals surface area (Å²) in [5.74, 6) is 0.0628. The first kappa shape index (κ1) is 17.5. The van der Waals surface area contributed by atoms with Crippen molar-refractivity contribution in [1.29, 1.82) is 0 Å². The van der Waals surface area contributed by atoms with E-state index in [0.717, 1.165) is 11.3 Å². The summed E-state index contributed by atoms with van der Waals surface area (Å²) in [5, 5.41) is 5.76. The van der Waals surface area contributed by atoms with Crippen molar-refractivity contribution < 1.29 is 19.1 Å². The zero-order chi connectivity index (χ0) is 17.4. The molecule has 0 heterocycles. The molecule has 2 aromatic rings. The van der Waals surface area contributed by atoms with Crippen molar-refractivity contribution in [3.63, 3.8) is 0 Å². The molecule has 6 heteroatoms. The van der Waals surface area contributed by atoms with E-state index in [1.807, 2.05) is 24.3 Å². The second kappa shape index (κ2) is 8.69. The molecule has 1 amide bonds. The van der Waals surface area contributed by atoms with Gasteiger partial charge in [-0.2, -0.15) is 0 Å². The molecule has 0 saturated heterocycles. The molecule has 0 unspecified atom stereocenters. The second-order valence-electron chi connectivity index (χ2n) is 5.04. The Labute approximate surface area is 140 Å². The molecule has 0 fully saturated rings. The molecule has 2 aromatic carbocycles. The van der Waals surface area contributed by atoms with Gasteiger partial charge in [0.25, 0.3) is 0 Å². The van der Waals surface area contributed by atoms with Gasteiger partial charge in [0.1, 0.15) is 5.75 Å². The summed E-state index contributed by atoms with van der Waals surface area (Å²) in [7, 11) is 2.92. The molecule has 0 radical (unpaired) electrons. The molecule has 0 aliphatic heterocycles. The van der Waals surface area contributed by atoms with E-state index < -0.39 is 5.97 Å². The smallest absolute Gasteiger partial charge is 0.339 e. The molecule has 0 bridgehead atoms. The third kappa shape index (κ3) is 4.82. The van der Waals surface area contributed by atoms with Gasteiger partial charge in [0.15, 0.2) is 0 Å². The standard InChI is InChI=1S/C18H20N2O4/c1-23-14-9-7-13(8-10-14)11-19-12-17(21)20-16-6-4-3-5-15(16)18(22)24-2/h3-10,19H,11-12H2,1-2H3,(H,20,21). The number of methoxy groups -OCH3 is 2. The molecule has 0 atom stereocenters. The predicted octanol–water partition coefficient (Wildman–Crippen LogP) is 2.21. The second-order valence-corrected chi connectivity index (χ2v) is 5.04. The van der Waals surface area contributed by atoms with Gasteiger partial charge in [0.05, 0.1) is 32.0 Å². The number of rotatable bonds is 7. The quantitative estimate of drug-likeness (QED) is 0.762. The van der Waals surface area contributed by atoms with Crippen LogP contribution in [0.1, 0.15) is 15.9 Å². The molecular weight excluding hydrogens is 308 g/mol. The first-order chi connectivity index (χ1) is 11.6. The van der Waals surface area contributed by atoms with Gasteiger partial charge in [-0.15, -0.1) is 0 Å². The van der Waals surface area contributed by atoms with Gasteiger partial charge in [0, 0.05) is 6.54 Å². The van der Waals surface area contributed by atoms with Gasteiger partial charge in [-0.1, -0.05) is 24.3 Å². The van der Waals surface area contributed by atoms with Crippen LogP contribution in [0.15, 0.2) is 48.5 Å². The molecule has 0 spiro atoms. The third-order valence-electron chi connectivity index (χ3n) is 3.38. The predicted molar refractivity (Wildman–Crippen MR) is 91.1 cm³/mol. The van der Waals surface area contributed by atoms with Gasteiger partial charge < -0.3 is 20.1 Å². The molecule has 6 nitrogen and oxygen atoms in total. The highest BCUT2D eigenvalue weighted by molar-refractivity contribution is 6.01. The number of amides is 1. The molecule has 0 aliphatic carbocycles. The normalized spacial score (nSPS) is 10.1. The van der Waals surface area contributed by atoms with Crippen molar-refractivity contribution in [2.45, 2.75) is 6.54 Å². The van der Waals surface area contributed by atoms with Crippen molar-refractivity contribution >= 4 is 17.6 Å². The lowest BCUT2D eigenvalue weighted by Gasteiger charge is -2.10. The fourth-order valence-electron chi connectivity index (χ4n) is 2.14. The van der Waals surface area contributed by atoms with Crippen LogP contribution in [0, 0.1) is 0 Å². The van der Waals surface area contributed by atoms with E-state index in [2.05, 4.69) is 10.6 Å². The molecule has 2 N–H and O–H groups in total. The number of benzene rings is 2. The Morgan fingerprint density at radius 1 is 1.00 bits per heavy atom. The number of ether oxygens (including phenoxy) is 2. The number of para-hydroxylation sites is 1. The van der Waals surface area contributed by atoms with E-state index in [-0.39, 0.29) is 12.5 Å². The van der Waals surface area contributed by atoms with Gasteiger partial charge in [-0.05, 0) is 29.8 Å². The molecule has 0 aliphatic rings. The molecule has 0 saturated carbocycles. The SMILES string of the molecule is COC(=O)c1ccccc1NC(=O)CNCc1ccc(OC)cc1. The van der Waals surface area contributed by atoms with E-state index in [1.54, 1.807) is 31.4 Å². The van der Waals surface area contributed by atoms with Crippen LogP contribution in [0.5, 0.6) is 5.75 Å². The van der Waals surface area contributed by atoms with Crippen LogP contribution in [0.4, 0.5) is 5.69 Å².